The minimum Gasteiger partial charge on any atom is -0.423 e. The average Bonchev–Trinajstić information content (AvgIpc) is 2.75. The van der Waals surface area contributed by atoms with E-state index in [2.05, 4.69) is 31.0 Å². The lowest BCUT2D eigenvalue weighted by molar-refractivity contribution is 0.346. The maximum atomic E-state index is 6.32. The quantitative estimate of drug-likeness (QED) is 0.787. The van der Waals surface area contributed by atoms with Crippen molar-refractivity contribution in [1.29, 1.82) is 0 Å². The zero-order valence-corrected chi connectivity index (χ0v) is 11.6. The Kier molecular flexibility index (Phi) is 3.71. The first-order valence-electron chi connectivity index (χ1n) is 5.97. The van der Waals surface area contributed by atoms with Crippen LogP contribution in [0.25, 0.3) is 0 Å². The van der Waals surface area contributed by atoms with Gasteiger partial charge in [0, 0.05) is 6.42 Å². The molecule has 4 heteroatoms. The lowest BCUT2D eigenvalue weighted by atomic mass is 9.92. The number of rotatable bonds is 3. The van der Waals surface area contributed by atoms with Crippen LogP contribution >= 0.6 is 11.6 Å². The zero-order valence-electron chi connectivity index (χ0n) is 10.9. The fourth-order valence-corrected chi connectivity index (χ4v) is 1.89. The van der Waals surface area contributed by atoms with Gasteiger partial charge in [-0.1, -0.05) is 51.1 Å². The van der Waals surface area contributed by atoms with Crippen molar-refractivity contribution in [3.63, 3.8) is 0 Å². The fourth-order valence-electron chi connectivity index (χ4n) is 1.66. The van der Waals surface area contributed by atoms with Crippen molar-refractivity contribution in [1.82, 2.24) is 10.2 Å². The van der Waals surface area contributed by atoms with Crippen molar-refractivity contribution >= 4 is 11.6 Å². The Balaban J connectivity index is 2.15. The minimum atomic E-state index is -0.382. The van der Waals surface area contributed by atoms with Crippen LogP contribution in [-0.2, 0) is 6.42 Å². The van der Waals surface area contributed by atoms with Crippen molar-refractivity contribution < 1.29 is 4.42 Å². The molecule has 0 N–H and O–H groups in total. The van der Waals surface area contributed by atoms with Crippen LogP contribution in [0.1, 0.15) is 43.5 Å². The Morgan fingerprint density at radius 3 is 2.44 bits per heavy atom. The predicted molar refractivity (Wildman–Crippen MR) is 71.6 cm³/mol. The summed E-state index contributed by atoms with van der Waals surface area (Å²) in [4.78, 5) is 0. The van der Waals surface area contributed by atoms with Gasteiger partial charge < -0.3 is 4.42 Å². The SMILES string of the molecule is CC(C)(C)Cc1nnc(C(Cl)c2ccccc2)o1. The van der Waals surface area contributed by atoms with Crippen LogP contribution in [0, 0.1) is 5.41 Å². The van der Waals surface area contributed by atoms with E-state index in [9.17, 15) is 0 Å². The van der Waals surface area contributed by atoms with Crippen LogP contribution in [0.2, 0.25) is 0 Å². The van der Waals surface area contributed by atoms with Crippen molar-refractivity contribution in [2.24, 2.45) is 5.41 Å². The summed E-state index contributed by atoms with van der Waals surface area (Å²) in [5, 5.41) is 7.69. The molecule has 1 aromatic carbocycles. The van der Waals surface area contributed by atoms with E-state index in [1.165, 1.54) is 0 Å². The van der Waals surface area contributed by atoms with E-state index in [-0.39, 0.29) is 10.8 Å². The van der Waals surface area contributed by atoms with E-state index in [0.29, 0.717) is 11.8 Å². The van der Waals surface area contributed by atoms with Crippen LogP contribution in [0.3, 0.4) is 0 Å². The Morgan fingerprint density at radius 1 is 1.17 bits per heavy atom. The predicted octanol–water partition coefficient (Wildman–Crippen LogP) is 3.99. The van der Waals surface area contributed by atoms with E-state index in [0.717, 1.165) is 12.0 Å². The van der Waals surface area contributed by atoms with Crippen molar-refractivity contribution in [2.75, 3.05) is 0 Å². The summed E-state index contributed by atoms with van der Waals surface area (Å²) in [6.07, 6.45) is 0.748. The molecule has 3 nitrogen and oxygen atoms in total. The molecule has 0 radical (unpaired) electrons. The van der Waals surface area contributed by atoms with Crippen molar-refractivity contribution in [2.45, 2.75) is 32.6 Å². The molecule has 18 heavy (non-hydrogen) atoms. The normalized spacial score (nSPS) is 13.6. The van der Waals surface area contributed by atoms with E-state index in [1.807, 2.05) is 30.3 Å². The Hall–Kier alpha value is -1.35. The molecule has 1 unspecified atom stereocenters. The molecule has 0 spiro atoms. The van der Waals surface area contributed by atoms with Gasteiger partial charge in [-0.2, -0.15) is 0 Å². The second kappa shape index (κ2) is 5.11. The molecule has 0 aliphatic carbocycles. The molecule has 0 saturated carbocycles. The standard InChI is InChI=1S/C14H17ClN2O/c1-14(2,3)9-11-16-17-13(18-11)12(15)10-7-5-4-6-8-10/h4-8,12H,9H2,1-3H3. The molecule has 0 fully saturated rings. The lowest BCUT2D eigenvalue weighted by Gasteiger charge is -2.14. The van der Waals surface area contributed by atoms with Crippen LogP contribution in [0.4, 0.5) is 0 Å². The molecule has 0 aliphatic rings. The summed E-state index contributed by atoms with van der Waals surface area (Å²) in [5.41, 5.74) is 1.09. The third kappa shape index (κ3) is 3.33. The Morgan fingerprint density at radius 2 is 1.83 bits per heavy atom. The van der Waals surface area contributed by atoms with Gasteiger partial charge in [0.2, 0.25) is 11.8 Å². The van der Waals surface area contributed by atoms with E-state index in [4.69, 9.17) is 16.0 Å². The first kappa shape index (κ1) is 13.1. The van der Waals surface area contributed by atoms with Gasteiger partial charge in [-0.25, -0.2) is 0 Å². The number of alkyl halides is 1. The van der Waals surface area contributed by atoms with Crippen molar-refractivity contribution in [3.05, 3.63) is 47.7 Å². The second-order valence-corrected chi connectivity index (χ2v) is 5.98. The highest BCUT2D eigenvalue weighted by atomic mass is 35.5. The number of benzene rings is 1. The van der Waals surface area contributed by atoms with Crippen LogP contribution in [0.15, 0.2) is 34.7 Å². The summed E-state index contributed by atoms with van der Waals surface area (Å²) in [7, 11) is 0. The van der Waals surface area contributed by atoms with E-state index in [1.54, 1.807) is 0 Å². The van der Waals surface area contributed by atoms with Crippen LogP contribution in [-0.4, -0.2) is 10.2 Å². The summed E-state index contributed by atoms with van der Waals surface area (Å²) < 4.78 is 5.62. The molecule has 0 amide bonds. The number of hydrogen-bond donors (Lipinski definition) is 0. The highest BCUT2D eigenvalue weighted by Crippen LogP contribution is 2.28. The average molecular weight is 265 g/mol. The summed E-state index contributed by atoms with van der Waals surface area (Å²) in [5.74, 6) is 1.10. The molecular formula is C14H17ClN2O. The third-order valence-electron chi connectivity index (χ3n) is 2.47. The zero-order chi connectivity index (χ0) is 13.2. The fraction of sp³-hybridized carbons (Fsp3) is 0.429. The first-order valence-corrected chi connectivity index (χ1v) is 6.41. The molecule has 1 aromatic heterocycles. The van der Waals surface area contributed by atoms with Gasteiger partial charge in [0.15, 0.2) is 0 Å². The molecule has 0 aliphatic heterocycles. The highest BCUT2D eigenvalue weighted by molar-refractivity contribution is 6.22. The largest absolute Gasteiger partial charge is 0.423 e. The van der Waals surface area contributed by atoms with Crippen LogP contribution in [0.5, 0.6) is 0 Å². The highest BCUT2D eigenvalue weighted by Gasteiger charge is 2.20. The summed E-state index contributed by atoms with van der Waals surface area (Å²) >= 11 is 6.32. The van der Waals surface area contributed by atoms with Gasteiger partial charge in [0.1, 0.15) is 5.38 Å². The molecule has 2 aromatic rings. The molecule has 2 rings (SSSR count). The second-order valence-electron chi connectivity index (χ2n) is 5.54. The lowest BCUT2D eigenvalue weighted by Crippen LogP contribution is -2.09. The van der Waals surface area contributed by atoms with Gasteiger partial charge >= 0.3 is 0 Å². The molecular weight excluding hydrogens is 248 g/mol. The number of hydrogen-bond acceptors (Lipinski definition) is 3. The Labute approximate surface area is 112 Å². The topological polar surface area (TPSA) is 38.9 Å². The third-order valence-corrected chi connectivity index (χ3v) is 2.91. The molecule has 0 bridgehead atoms. The van der Waals surface area contributed by atoms with E-state index >= 15 is 0 Å². The molecule has 0 saturated heterocycles. The molecule has 1 atom stereocenters. The molecule has 96 valence electrons. The monoisotopic (exact) mass is 264 g/mol. The number of halogens is 1. The maximum Gasteiger partial charge on any atom is 0.238 e. The maximum absolute atomic E-state index is 6.32. The van der Waals surface area contributed by atoms with Gasteiger partial charge in [-0.3, -0.25) is 0 Å². The molecule has 1 heterocycles. The van der Waals surface area contributed by atoms with Crippen molar-refractivity contribution in [3.8, 4) is 0 Å². The number of aromatic nitrogens is 2. The number of nitrogens with zero attached hydrogens (tertiary/aromatic N) is 2. The smallest absolute Gasteiger partial charge is 0.238 e. The summed E-state index contributed by atoms with van der Waals surface area (Å²) in [6.45, 7) is 6.39. The van der Waals surface area contributed by atoms with Gasteiger partial charge in [-0.05, 0) is 11.0 Å². The Bertz CT molecular complexity index is 502. The van der Waals surface area contributed by atoms with Gasteiger partial charge in [0.25, 0.3) is 0 Å². The van der Waals surface area contributed by atoms with Gasteiger partial charge in [0.05, 0.1) is 0 Å². The van der Waals surface area contributed by atoms with Crippen LogP contribution < -0.4 is 0 Å². The summed E-state index contributed by atoms with van der Waals surface area (Å²) in [6, 6.07) is 9.73. The van der Waals surface area contributed by atoms with E-state index < -0.39 is 0 Å². The van der Waals surface area contributed by atoms with Gasteiger partial charge in [-0.15, -0.1) is 21.8 Å². The minimum absolute atomic E-state index is 0.123. The first-order chi connectivity index (χ1) is 8.46.